The lowest BCUT2D eigenvalue weighted by molar-refractivity contribution is 0.426. The fourth-order valence-electron chi connectivity index (χ4n) is 9.22. The number of nitrogens with zero attached hydrogens (tertiary/aromatic N) is 1. The highest BCUT2D eigenvalue weighted by Gasteiger charge is 2.53. The van der Waals surface area contributed by atoms with E-state index < -0.39 is 5.41 Å². The summed E-state index contributed by atoms with van der Waals surface area (Å²) < 4.78 is 6.64. The lowest BCUT2D eigenvalue weighted by Gasteiger charge is -2.42. The molecule has 2 heteroatoms. The van der Waals surface area contributed by atoms with E-state index in [1.807, 2.05) is 12.1 Å². The molecule has 0 radical (unpaired) electrons. The van der Waals surface area contributed by atoms with E-state index in [-0.39, 0.29) is 0 Å². The number of hydrogen-bond donors (Lipinski definition) is 0. The monoisotopic (exact) mass is 647 g/mol. The fraction of sp³-hybridized carbons (Fsp3) is 0.229. The molecule has 244 valence electrons. The Morgan fingerprint density at radius 3 is 2.36 bits per heavy atom. The third-order valence-corrected chi connectivity index (χ3v) is 11.9. The first-order chi connectivity index (χ1) is 24.6. The second-order valence-electron chi connectivity index (χ2n) is 14.6. The molecule has 1 spiro atoms. The van der Waals surface area contributed by atoms with Gasteiger partial charge in [0.05, 0.1) is 17.0 Å². The molecule has 9 rings (SSSR count). The van der Waals surface area contributed by atoms with E-state index in [1.165, 1.54) is 70.2 Å². The summed E-state index contributed by atoms with van der Waals surface area (Å²) in [5.74, 6) is 2.97. The Hall–Kier alpha value is -5.39. The summed E-state index contributed by atoms with van der Waals surface area (Å²) >= 11 is 0. The Kier molecular flexibility index (Phi) is 7.66. The van der Waals surface area contributed by atoms with Crippen LogP contribution in [0.15, 0.2) is 156 Å². The van der Waals surface area contributed by atoms with Gasteiger partial charge in [-0.3, -0.25) is 0 Å². The topological polar surface area (TPSA) is 33.0 Å². The van der Waals surface area contributed by atoms with Crippen molar-refractivity contribution < 1.29 is 4.74 Å². The van der Waals surface area contributed by atoms with Crippen LogP contribution in [0.2, 0.25) is 0 Å². The molecule has 2 unspecified atom stereocenters. The van der Waals surface area contributed by atoms with Crippen molar-refractivity contribution in [3.63, 3.8) is 0 Å². The van der Waals surface area contributed by atoms with Gasteiger partial charge >= 0.3 is 0 Å². The molecule has 2 atom stereocenters. The first-order valence-corrected chi connectivity index (χ1v) is 18.3. The van der Waals surface area contributed by atoms with Gasteiger partial charge in [-0.15, -0.1) is 0 Å². The van der Waals surface area contributed by atoms with Gasteiger partial charge in [-0.05, 0) is 127 Å². The number of nitriles is 1. The van der Waals surface area contributed by atoms with Gasteiger partial charge < -0.3 is 4.74 Å². The zero-order valence-electron chi connectivity index (χ0n) is 28.7. The molecule has 0 N–H and O–H groups in total. The Morgan fingerprint density at radius 1 is 0.900 bits per heavy atom. The van der Waals surface area contributed by atoms with Crippen molar-refractivity contribution in [3.05, 3.63) is 184 Å². The summed E-state index contributed by atoms with van der Waals surface area (Å²) in [6, 6.07) is 34.6. The van der Waals surface area contributed by atoms with Crippen molar-refractivity contribution in [1.82, 2.24) is 0 Å². The maximum atomic E-state index is 9.43. The minimum Gasteiger partial charge on any atom is -0.457 e. The number of allylic oxidation sites excluding steroid dienone is 12. The van der Waals surface area contributed by atoms with E-state index in [0.29, 0.717) is 17.4 Å². The first kappa shape index (κ1) is 30.7. The van der Waals surface area contributed by atoms with Crippen LogP contribution >= 0.6 is 0 Å². The van der Waals surface area contributed by atoms with Crippen LogP contribution in [0.3, 0.4) is 0 Å². The Balaban J connectivity index is 1.10. The average Bonchev–Trinajstić information content (AvgIpc) is 3.47. The largest absolute Gasteiger partial charge is 0.457 e. The van der Waals surface area contributed by atoms with Crippen LogP contribution in [0, 0.1) is 23.2 Å². The van der Waals surface area contributed by atoms with Crippen molar-refractivity contribution in [2.45, 2.75) is 57.3 Å². The fourth-order valence-corrected chi connectivity index (χ4v) is 9.22. The molecule has 0 saturated heterocycles. The van der Waals surface area contributed by atoms with Crippen LogP contribution in [0.4, 0.5) is 0 Å². The third kappa shape index (κ3) is 4.99. The van der Waals surface area contributed by atoms with Gasteiger partial charge in [-0.1, -0.05) is 114 Å². The highest BCUT2D eigenvalue weighted by Crippen LogP contribution is 2.64. The first-order valence-electron chi connectivity index (χ1n) is 18.3. The molecule has 4 aromatic carbocycles. The Labute approximate surface area is 296 Å². The van der Waals surface area contributed by atoms with Crippen molar-refractivity contribution in [1.29, 1.82) is 5.26 Å². The van der Waals surface area contributed by atoms with Gasteiger partial charge in [-0.2, -0.15) is 5.26 Å². The summed E-state index contributed by atoms with van der Waals surface area (Å²) in [5.41, 5.74) is 15.0. The third-order valence-electron chi connectivity index (χ3n) is 11.9. The second kappa shape index (κ2) is 12.5. The van der Waals surface area contributed by atoms with Crippen LogP contribution in [0.25, 0.3) is 16.7 Å². The molecule has 2 nitrogen and oxygen atoms in total. The Morgan fingerprint density at radius 2 is 1.66 bits per heavy atom. The molecular weight excluding hydrogens is 607 g/mol. The van der Waals surface area contributed by atoms with Crippen LogP contribution in [0.1, 0.15) is 79.7 Å². The van der Waals surface area contributed by atoms with Gasteiger partial charge in [0.2, 0.25) is 0 Å². The Bertz CT molecular complexity index is 2200. The van der Waals surface area contributed by atoms with Gasteiger partial charge in [0.15, 0.2) is 0 Å². The lowest BCUT2D eigenvalue weighted by Crippen LogP contribution is -2.34. The van der Waals surface area contributed by atoms with E-state index in [1.54, 1.807) is 5.57 Å². The normalized spacial score (nSPS) is 21.3. The van der Waals surface area contributed by atoms with Crippen LogP contribution in [-0.4, -0.2) is 0 Å². The zero-order chi connectivity index (χ0) is 33.7. The van der Waals surface area contributed by atoms with Gasteiger partial charge in [0, 0.05) is 17.0 Å². The molecule has 5 aliphatic rings. The van der Waals surface area contributed by atoms with E-state index >= 15 is 0 Å². The lowest BCUT2D eigenvalue weighted by atomic mass is 9.62. The highest BCUT2D eigenvalue weighted by atomic mass is 16.5. The minimum atomic E-state index is -0.454. The van der Waals surface area contributed by atoms with Gasteiger partial charge in [-0.25, -0.2) is 0 Å². The maximum absolute atomic E-state index is 9.43. The number of para-hydroxylation sites is 2. The zero-order valence-corrected chi connectivity index (χ0v) is 28.7. The molecule has 0 fully saturated rings. The predicted molar refractivity (Wildman–Crippen MR) is 204 cm³/mol. The van der Waals surface area contributed by atoms with Crippen molar-refractivity contribution in [2.24, 2.45) is 11.8 Å². The van der Waals surface area contributed by atoms with Gasteiger partial charge in [0.25, 0.3) is 0 Å². The van der Waals surface area contributed by atoms with Gasteiger partial charge in [0.1, 0.15) is 11.5 Å². The number of fused-ring (bicyclic) bond motifs is 8. The summed E-state index contributed by atoms with van der Waals surface area (Å²) in [5, 5.41) is 9.43. The van der Waals surface area contributed by atoms with E-state index in [2.05, 4.69) is 134 Å². The molecule has 0 bridgehead atoms. The predicted octanol–water partition coefficient (Wildman–Crippen LogP) is 12.3. The maximum Gasteiger partial charge on any atom is 0.132 e. The average molecular weight is 648 g/mol. The van der Waals surface area contributed by atoms with Crippen LogP contribution < -0.4 is 4.74 Å². The quantitative estimate of drug-likeness (QED) is 0.202. The number of benzene rings is 4. The molecule has 1 aliphatic heterocycles. The molecule has 0 amide bonds. The summed E-state index contributed by atoms with van der Waals surface area (Å²) in [6.07, 6.45) is 24.9. The SMILES string of the molecule is C/C(=C\CC1CC=C(C2C=CC3=C(C2)C2(c4ccccc4Oc4ccccc42)c2cc(-c4ccc(C#N)cc4)ccc23)CC1)C1=CC=CCC1. The molecule has 0 aromatic heterocycles. The minimum absolute atomic E-state index is 0.387. The molecular formula is C48H41NO. The van der Waals surface area contributed by atoms with Crippen LogP contribution in [0.5, 0.6) is 11.5 Å². The molecule has 4 aliphatic carbocycles. The summed E-state index contributed by atoms with van der Waals surface area (Å²) in [6.45, 7) is 2.29. The number of hydrogen-bond acceptors (Lipinski definition) is 2. The van der Waals surface area contributed by atoms with E-state index in [9.17, 15) is 5.26 Å². The summed E-state index contributed by atoms with van der Waals surface area (Å²) in [4.78, 5) is 0. The molecule has 50 heavy (non-hydrogen) atoms. The van der Waals surface area contributed by atoms with Crippen molar-refractivity contribution >= 4 is 5.57 Å². The van der Waals surface area contributed by atoms with E-state index in [4.69, 9.17) is 4.74 Å². The highest BCUT2D eigenvalue weighted by molar-refractivity contribution is 5.93. The summed E-state index contributed by atoms with van der Waals surface area (Å²) in [7, 11) is 0. The standard InChI is InChI=1S/C48H41NO/c1-32(35-9-3-2-4-10-35)15-16-33-17-21-36(22-18-33)38-25-27-40-41-28-26-39(37-23-19-34(31-49)20-24-37)30-45(41)48(44(40)29-38)42-11-5-7-13-46(42)50-47-14-8-6-12-43(47)48/h2-3,5-9,11-15,19-21,23-28,30,33,38H,4,10,16-18,22,29H2,1H3/b32-15+. The van der Waals surface area contributed by atoms with Crippen LogP contribution in [-0.2, 0) is 5.41 Å². The smallest absolute Gasteiger partial charge is 0.132 e. The second-order valence-corrected chi connectivity index (χ2v) is 14.6. The van der Waals surface area contributed by atoms with E-state index in [0.717, 1.165) is 41.9 Å². The van der Waals surface area contributed by atoms with Crippen molar-refractivity contribution in [2.75, 3.05) is 0 Å². The molecule has 0 saturated carbocycles. The molecule has 4 aromatic rings. The number of ether oxygens (including phenoxy) is 1. The van der Waals surface area contributed by atoms with Crippen molar-refractivity contribution in [3.8, 4) is 28.7 Å². The molecule has 1 heterocycles. The number of rotatable bonds is 5.